The molecule has 1 saturated heterocycles. The van der Waals surface area contributed by atoms with Crippen molar-refractivity contribution in [3.63, 3.8) is 0 Å². The minimum Gasteiger partial charge on any atom is -0.379 e. The molecule has 0 spiro atoms. The van der Waals surface area contributed by atoms with Gasteiger partial charge in [-0.2, -0.15) is 0 Å². The summed E-state index contributed by atoms with van der Waals surface area (Å²) in [5.41, 5.74) is 5.48. The summed E-state index contributed by atoms with van der Waals surface area (Å²) in [4.78, 5) is 14.0. The predicted octanol–water partition coefficient (Wildman–Crippen LogP) is 0.0812. The van der Waals surface area contributed by atoms with Gasteiger partial charge in [-0.05, 0) is 23.2 Å². The molecule has 8 nitrogen and oxygen atoms in total. The highest BCUT2D eigenvalue weighted by atomic mass is 32.2. The van der Waals surface area contributed by atoms with E-state index in [2.05, 4.69) is 14.9 Å². The Morgan fingerprint density at radius 3 is 2.75 bits per heavy atom. The van der Waals surface area contributed by atoms with Gasteiger partial charge >= 0.3 is 0 Å². The molecular formula is C11H18N4O4S. The molecule has 1 aliphatic heterocycles. The fraction of sp³-hybridized carbons (Fsp3) is 0.727. The maximum atomic E-state index is 12.4. The van der Waals surface area contributed by atoms with Gasteiger partial charge in [-0.25, -0.2) is 13.0 Å². The van der Waals surface area contributed by atoms with Gasteiger partial charge in [0.25, 0.3) is 5.91 Å². The molecule has 0 saturated carbocycles. The number of rotatable bonds is 5. The number of amides is 1. The predicted molar refractivity (Wildman–Crippen MR) is 71.7 cm³/mol. The van der Waals surface area contributed by atoms with Gasteiger partial charge < -0.3 is 10.6 Å². The van der Waals surface area contributed by atoms with Gasteiger partial charge in [0.1, 0.15) is 0 Å². The standard InChI is InChI=1S/C11H18N4O4S/c1-2-3-5-15(8-4-6-20(17,18)7-8)11(16)9-10(12)14-19-13-9/h8H,2-7H2,1H3,(H2,12,14). The number of anilines is 1. The smallest absolute Gasteiger partial charge is 0.280 e. The fourth-order valence-electron chi connectivity index (χ4n) is 2.28. The summed E-state index contributed by atoms with van der Waals surface area (Å²) in [5.74, 6) is -0.384. The van der Waals surface area contributed by atoms with Gasteiger partial charge in [0.2, 0.25) is 11.5 Å². The Kier molecular flexibility index (Phi) is 4.26. The fourth-order valence-corrected chi connectivity index (χ4v) is 4.01. The summed E-state index contributed by atoms with van der Waals surface area (Å²) in [6.45, 7) is 2.47. The van der Waals surface area contributed by atoms with Crippen molar-refractivity contribution in [3.8, 4) is 0 Å². The number of hydrogen-bond donors (Lipinski definition) is 1. The Labute approximate surface area is 117 Å². The molecule has 1 amide bonds. The first kappa shape index (κ1) is 14.8. The van der Waals surface area contributed by atoms with Crippen LogP contribution in [0.3, 0.4) is 0 Å². The average molecular weight is 302 g/mol. The van der Waals surface area contributed by atoms with Gasteiger partial charge in [-0.3, -0.25) is 4.79 Å². The summed E-state index contributed by atoms with van der Waals surface area (Å²) < 4.78 is 27.6. The summed E-state index contributed by atoms with van der Waals surface area (Å²) >= 11 is 0. The quantitative estimate of drug-likeness (QED) is 0.817. The number of unbranched alkanes of at least 4 members (excludes halogenated alkanes) is 1. The third-order valence-electron chi connectivity index (χ3n) is 3.38. The van der Waals surface area contributed by atoms with Crippen LogP contribution in [-0.2, 0) is 9.84 Å². The normalized spacial score (nSPS) is 20.9. The highest BCUT2D eigenvalue weighted by Crippen LogP contribution is 2.21. The van der Waals surface area contributed by atoms with E-state index in [4.69, 9.17) is 5.73 Å². The van der Waals surface area contributed by atoms with Gasteiger partial charge in [-0.15, -0.1) is 0 Å². The van der Waals surface area contributed by atoms with Crippen molar-refractivity contribution in [2.45, 2.75) is 32.2 Å². The highest BCUT2D eigenvalue weighted by molar-refractivity contribution is 7.91. The lowest BCUT2D eigenvalue weighted by Gasteiger charge is -2.27. The number of aromatic nitrogens is 2. The van der Waals surface area contributed by atoms with Crippen molar-refractivity contribution >= 4 is 21.6 Å². The number of carbonyl (C=O) groups excluding carboxylic acids is 1. The summed E-state index contributed by atoms with van der Waals surface area (Å²) in [6.07, 6.45) is 2.13. The third kappa shape index (κ3) is 3.09. The van der Waals surface area contributed by atoms with Crippen molar-refractivity contribution in [1.29, 1.82) is 0 Å². The van der Waals surface area contributed by atoms with E-state index in [0.717, 1.165) is 12.8 Å². The molecule has 1 aromatic rings. The van der Waals surface area contributed by atoms with E-state index < -0.39 is 15.7 Å². The summed E-state index contributed by atoms with van der Waals surface area (Å²) in [7, 11) is -3.06. The summed E-state index contributed by atoms with van der Waals surface area (Å²) in [6, 6.07) is -0.324. The molecule has 9 heteroatoms. The molecule has 1 aliphatic rings. The molecule has 1 unspecified atom stereocenters. The third-order valence-corrected chi connectivity index (χ3v) is 5.13. The van der Waals surface area contributed by atoms with Crippen molar-refractivity contribution in [1.82, 2.24) is 15.2 Å². The van der Waals surface area contributed by atoms with E-state index in [0.29, 0.717) is 13.0 Å². The monoisotopic (exact) mass is 302 g/mol. The SMILES string of the molecule is CCCCN(C(=O)c1nonc1N)C1CCS(=O)(=O)C1. The number of nitrogens with zero attached hydrogens (tertiary/aromatic N) is 3. The molecule has 1 aromatic heterocycles. The molecular weight excluding hydrogens is 284 g/mol. The Balaban J connectivity index is 2.20. The first-order valence-electron chi connectivity index (χ1n) is 6.54. The van der Waals surface area contributed by atoms with E-state index in [9.17, 15) is 13.2 Å². The van der Waals surface area contributed by atoms with Crippen molar-refractivity contribution in [3.05, 3.63) is 5.69 Å². The van der Waals surface area contributed by atoms with Crippen LogP contribution in [0, 0.1) is 0 Å². The molecule has 1 fully saturated rings. The average Bonchev–Trinajstić information content (AvgIpc) is 2.95. The van der Waals surface area contributed by atoms with Crippen molar-refractivity contribution in [2.24, 2.45) is 0 Å². The molecule has 0 aromatic carbocycles. The maximum Gasteiger partial charge on any atom is 0.280 e. The van der Waals surface area contributed by atoms with Crippen LogP contribution < -0.4 is 5.73 Å². The topological polar surface area (TPSA) is 119 Å². The Morgan fingerprint density at radius 2 is 2.25 bits per heavy atom. The van der Waals surface area contributed by atoms with Crippen LogP contribution in [0.25, 0.3) is 0 Å². The van der Waals surface area contributed by atoms with Crippen LogP contribution in [0.15, 0.2) is 4.63 Å². The molecule has 20 heavy (non-hydrogen) atoms. The van der Waals surface area contributed by atoms with E-state index in [-0.39, 0.29) is 29.1 Å². The zero-order chi connectivity index (χ0) is 14.8. The van der Waals surface area contributed by atoms with Gasteiger partial charge in [0.15, 0.2) is 9.84 Å². The van der Waals surface area contributed by atoms with Crippen LogP contribution >= 0.6 is 0 Å². The lowest BCUT2D eigenvalue weighted by Crippen LogP contribution is -2.42. The molecule has 2 rings (SSSR count). The van der Waals surface area contributed by atoms with Crippen LogP contribution in [0.4, 0.5) is 5.82 Å². The molecule has 0 bridgehead atoms. The van der Waals surface area contributed by atoms with E-state index >= 15 is 0 Å². The van der Waals surface area contributed by atoms with Crippen LogP contribution in [-0.4, -0.2) is 53.6 Å². The lowest BCUT2D eigenvalue weighted by atomic mass is 10.2. The molecule has 0 aliphatic carbocycles. The highest BCUT2D eigenvalue weighted by Gasteiger charge is 2.36. The van der Waals surface area contributed by atoms with Crippen LogP contribution in [0.5, 0.6) is 0 Å². The maximum absolute atomic E-state index is 12.4. The number of nitrogens with two attached hydrogens (primary N) is 1. The zero-order valence-corrected chi connectivity index (χ0v) is 12.1. The largest absolute Gasteiger partial charge is 0.379 e. The second-order valence-corrected chi connectivity index (χ2v) is 7.14. The number of nitrogen functional groups attached to an aromatic ring is 1. The van der Waals surface area contributed by atoms with Crippen molar-refractivity contribution < 1.29 is 17.8 Å². The summed E-state index contributed by atoms with van der Waals surface area (Å²) in [5, 5.41) is 6.88. The molecule has 0 radical (unpaired) electrons. The van der Waals surface area contributed by atoms with E-state index in [1.54, 1.807) is 0 Å². The first-order valence-corrected chi connectivity index (χ1v) is 8.36. The molecule has 112 valence electrons. The minimum atomic E-state index is -3.06. The Morgan fingerprint density at radius 1 is 1.50 bits per heavy atom. The second kappa shape index (κ2) is 5.78. The van der Waals surface area contributed by atoms with Gasteiger partial charge in [0, 0.05) is 12.6 Å². The minimum absolute atomic E-state index is 0.00631. The van der Waals surface area contributed by atoms with Crippen molar-refractivity contribution in [2.75, 3.05) is 23.8 Å². The molecule has 2 N–H and O–H groups in total. The molecule has 1 atom stereocenters. The molecule has 2 heterocycles. The second-order valence-electron chi connectivity index (χ2n) is 4.91. The zero-order valence-electron chi connectivity index (χ0n) is 11.3. The number of carbonyl (C=O) groups is 1. The van der Waals surface area contributed by atoms with Crippen LogP contribution in [0.1, 0.15) is 36.7 Å². The van der Waals surface area contributed by atoms with Gasteiger partial charge in [0.05, 0.1) is 11.5 Å². The number of hydrogen-bond acceptors (Lipinski definition) is 7. The Bertz CT molecular complexity index is 583. The van der Waals surface area contributed by atoms with Gasteiger partial charge in [-0.1, -0.05) is 13.3 Å². The van der Waals surface area contributed by atoms with E-state index in [1.165, 1.54) is 4.90 Å². The van der Waals surface area contributed by atoms with Crippen LogP contribution in [0.2, 0.25) is 0 Å². The first-order chi connectivity index (χ1) is 9.44. The lowest BCUT2D eigenvalue weighted by molar-refractivity contribution is 0.0683. The Hall–Kier alpha value is -1.64. The number of sulfone groups is 1. The van der Waals surface area contributed by atoms with E-state index in [1.807, 2.05) is 6.92 Å².